The number of nitrogens with zero attached hydrogens (tertiary/aromatic N) is 2. The molecule has 30 heavy (non-hydrogen) atoms. The number of ether oxygens (including phenoxy) is 1. The highest BCUT2D eigenvalue weighted by Gasteiger charge is 2.58. The molecule has 10 heteroatoms. The molecular formula is C20H12F6N2O2. The number of aliphatic imine (C=N–C) groups is 1. The number of fused-ring (bicyclic) bond motifs is 1. The minimum atomic E-state index is -4.51. The van der Waals surface area contributed by atoms with Crippen molar-refractivity contribution in [3.8, 4) is 0 Å². The van der Waals surface area contributed by atoms with E-state index in [-0.39, 0.29) is 22.9 Å². The summed E-state index contributed by atoms with van der Waals surface area (Å²) in [6.07, 6.45) is -8.42. The van der Waals surface area contributed by atoms with E-state index in [0.29, 0.717) is 18.4 Å². The molecule has 5 rings (SSSR count). The average Bonchev–Trinajstić information content (AvgIpc) is 3.16. The molecule has 1 saturated carbocycles. The highest BCUT2D eigenvalue weighted by molar-refractivity contribution is 5.96. The molecule has 4 nitrogen and oxygen atoms in total. The lowest BCUT2D eigenvalue weighted by Gasteiger charge is -2.12. The first-order valence-electron chi connectivity index (χ1n) is 8.97. The maximum Gasteiger partial charge on any atom is 0.416 e. The van der Waals surface area contributed by atoms with Crippen LogP contribution in [0.3, 0.4) is 0 Å². The summed E-state index contributed by atoms with van der Waals surface area (Å²) in [5.41, 5.74) is -1.70. The molecule has 0 radical (unpaired) electrons. The number of hydrogen-bond acceptors (Lipinski definition) is 4. The molecule has 2 aromatic carbocycles. The van der Waals surface area contributed by atoms with Crippen molar-refractivity contribution in [2.24, 2.45) is 4.99 Å². The molecular weight excluding hydrogens is 414 g/mol. The smallest absolute Gasteiger partial charge is 0.416 e. The first kappa shape index (κ1) is 19.0. The summed E-state index contributed by atoms with van der Waals surface area (Å²) in [6, 6.07) is 7.40. The SMILES string of the molecule is FC(F)(F)c1ccc(C2=NC3(CC3)C(c3nc4cc(C(F)(F)F)ccc4o3)O2)cc1. The van der Waals surface area contributed by atoms with Gasteiger partial charge in [-0.1, -0.05) is 0 Å². The Kier molecular flexibility index (Phi) is 3.78. The van der Waals surface area contributed by atoms with Crippen LogP contribution in [0.15, 0.2) is 51.9 Å². The number of rotatable bonds is 2. The molecule has 1 atom stereocenters. The van der Waals surface area contributed by atoms with Crippen LogP contribution in [-0.4, -0.2) is 16.4 Å². The van der Waals surface area contributed by atoms with E-state index in [9.17, 15) is 26.3 Å². The third-order valence-electron chi connectivity index (χ3n) is 5.22. The van der Waals surface area contributed by atoms with Crippen molar-refractivity contribution in [1.29, 1.82) is 0 Å². The van der Waals surface area contributed by atoms with Gasteiger partial charge >= 0.3 is 12.4 Å². The monoisotopic (exact) mass is 426 g/mol. The van der Waals surface area contributed by atoms with Crippen LogP contribution < -0.4 is 0 Å². The second-order valence-electron chi connectivity index (χ2n) is 7.33. The van der Waals surface area contributed by atoms with Crippen molar-refractivity contribution in [2.45, 2.75) is 36.8 Å². The van der Waals surface area contributed by atoms with Crippen LogP contribution in [-0.2, 0) is 17.1 Å². The topological polar surface area (TPSA) is 47.6 Å². The van der Waals surface area contributed by atoms with Gasteiger partial charge < -0.3 is 9.15 Å². The lowest BCUT2D eigenvalue weighted by atomic mass is 10.1. The number of alkyl halides is 6. The minimum Gasteiger partial charge on any atom is -0.461 e. The molecule has 1 unspecified atom stereocenters. The van der Waals surface area contributed by atoms with Gasteiger partial charge in [0.25, 0.3) is 0 Å². The van der Waals surface area contributed by atoms with E-state index in [4.69, 9.17) is 9.15 Å². The highest BCUT2D eigenvalue weighted by atomic mass is 19.4. The Morgan fingerprint density at radius 1 is 0.867 bits per heavy atom. The van der Waals surface area contributed by atoms with Crippen molar-refractivity contribution >= 4 is 17.0 Å². The summed E-state index contributed by atoms with van der Waals surface area (Å²) in [5, 5.41) is 0. The second-order valence-corrected chi connectivity index (χ2v) is 7.33. The fourth-order valence-electron chi connectivity index (χ4n) is 3.46. The average molecular weight is 426 g/mol. The molecule has 156 valence electrons. The summed E-state index contributed by atoms with van der Waals surface area (Å²) in [5.74, 6) is 0.247. The standard InChI is InChI=1S/C20H12F6N2O2/c21-19(22,23)11-3-1-10(2-4-11)16-28-18(7-8-18)15(30-16)17-27-13-9-12(20(24,25)26)5-6-14(13)29-17/h1-6,9,15H,7-8H2. The Labute approximate surface area is 165 Å². The largest absolute Gasteiger partial charge is 0.461 e. The van der Waals surface area contributed by atoms with Crippen molar-refractivity contribution in [1.82, 2.24) is 4.98 Å². The van der Waals surface area contributed by atoms with Crippen molar-refractivity contribution in [3.63, 3.8) is 0 Å². The zero-order valence-electron chi connectivity index (χ0n) is 15.0. The van der Waals surface area contributed by atoms with Crippen LogP contribution >= 0.6 is 0 Å². The molecule has 1 fully saturated rings. The van der Waals surface area contributed by atoms with Gasteiger partial charge in [0.1, 0.15) is 11.1 Å². The van der Waals surface area contributed by atoms with E-state index in [1.807, 2.05) is 0 Å². The summed E-state index contributed by atoms with van der Waals surface area (Å²) in [7, 11) is 0. The zero-order valence-corrected chi connectivity index (χ0v) is 15.0. The van der Waals surface area contributed by atoms with Gasteiger partial charge in [-0.15, -0.1) is 0 Å². The molecule has 3 aromatic rings. The molecule has 0 bridgehead atoms. The predicted octanol–water partition coefficient (Wildman–Crippen LogP) is 5.92. The molecule has 1 aliphatic heterocycles. The van der Waals surface area contributed by atoms with Crippen LogP contribution in [0.5, 0.6) is 0 Å². The van der Waals surface area contributed by atoms with E-state index in [0.717, 1.165) is 24.3 Å². The maximum absolute atomic E-state index is 12.9. The third kappa shape index (κ3) is 3.10. The van der Waals surface area contributed by atoms with Crippen LogP contribution in [0, 0.1) is 0 Å². The Hall–Kier alpha value is -3.04. The zero-order chi connectivity index (χ0) is 21.3. The van der Waals surface area contributed by atoms with Gasteiger partial charge in [-0.05, 0) is 55.3 Å². The Bertz CT molecular complexity index is 1160. The van der Waals surface area contributed by atoms with Crippen LogP contribution in [0.2, 0.25) is 0 Å². The van der Waals surface area contributed by atoms with Gasteiger partial charge in [0.15, 0.2) is 5.58 Å². The van der Waals surface area contributed by atoms with Crippen molar-refractivity contribution in [3.05, 3.63) is 65.0 Å². The Balaban J connectivity index is 1.45. The molecule has 1 aromatic heterocycles. The normalized spacial score (nSPS) is 20.5. The Morgan fingerprint density at radius 3 is 2.10 bits per heavy atom. The van der Waals surface area contributed by atoms with Crippen molar-refractivity contribution in [2.75, 3.05) is 0 Å². The van der Waals surface area contributed by atoms with Crippen LogP contribution in [0.25, 0.3) is 11.1 Å². The van der Waals surface area contributed by atoms with E-state index >= 15 is 0 Å². The quantitative estimate of drug-likeness (QED) is 0.478. The lowest BCUT2D eigenvalue weighted by Crippen LogP contribution is -2.15. The third-order valence-corrected chi connectivity index (χ3v) is 5.22. The molecule has 2 heterocycles. The summed E-state index contributed by atoms with van der Waals surface area (Å²) >= 11 is 0. The van der Waals surface area contributed by atoms with Crippen molar-refractivity contribution < 1.29 is 35.5 Å². The number of aromatic nitrogens is 1. The first-order valence-corrected chi connectivity index (χ1v) is 8.97. The van der Waals surface area contributed by atoms with E-state index in [2.05, 4.69) is 9.98 Å². The second kappa shape index (κ2) is 5.99. The molecule has 1 aliphatic carbocycles. The number of benzene rings is 2. The summed E-state index contributed by atoms with van der Waals surface area (Å²) in [4.78, 5) is 8.68. The van der Waals surface area contributed by atoms with Gasteiger partial charge in [0.05, 0.1) is 11.1 Å². The molecule has 0 amide bonds. The van der Waals surface area contributed by atoms with E-state index < -0.39 is 35.1 Å². The van der Waals surface area contributed by atoms with E-state index in [1.165, 1.54) is 18.2 Å². The number of oxazole rings is 1. The van der Waals surface area contributed by atoms with Gasteiger partial charge in [-0.25, -0.2) is 9.98 Å². The van der Waals surface area contributed by atoms with Crippen LogP contribution in [0.4, 0.5) is 26.3 Å². The molecule has 1 spiro atoms. The fraction of sp³-hybridized carbons (Fsp3) is 0.300. The minimum absolute atomic E-state index is 0.0437. The highest BCUT2D eigenvalue weighted by Crippen LogP contribution is 2.55. The lowest BCUT2D eigenvalue weighted by molar-refractivity contribution is -0.138. The molecule has 2 aliphatic rings. The summed E-state index contributed by atoms with van der Waals surface area (Å²) < 4.78 is 88.5. The maximum atomic E-state index is 12.9. The van der Waals surface area contributed by atoms with E-state index in [1.54, 1.807) is 0 Å². The molecule has 0 N–H and O–H groups in total. The van der Waals surface area contributed by atoms with Gasteiger partial charge in [-0.3, -0.25) is 0 Å². The van der Waals surface area contributed by atoms with Gasteiger partial charge in [0.2, 0.25) is 17.9 Å². The first-order chi connectivity index (χ1) is 14.1. The predicted molar refractivity (Wildman–Crippen MR) is 92.8 cm³/mol. The summed E-state index contributed by atoms with van der Waals surface area (Å²) in [6.45, 7) is 0. The Morgan fingerprint density at radius 2 is 1.50 bits per heavy atom. The van der Waals surface area contributed by atoms with Crippen LogP contribution in [0.1, 0.15) is 41.5 Å². The fourth-order valence-corrected chi connectivity index (χ4v) is 3.46. The number of halogens is 6. The van der Waals surface area contributed by atoms with Gasteiger partial charge in [0, 0.05) is 5.56 Å². The van der Waals surface area contributed by atoms with Gasteiger partial charge in [-0.2, -0.15) is 26.3 Å². The number of hydrogen-bond donors (Lipinski definition) is 0. The molecule has 0 saturated heterocycles.